The number of aliphatic hydroxyl groups is 1. The van der Waals surface area contributed by atoms with Gasteiger partial charge in [0.15, 0.2) is 0 Å². The van der Waals surface area contributed by atoms with Gasteiger partial charge in [-0.05, 0) is 43.4 Å². The number of hydrogen-bond donors (Lipinski definition) is 3. The predicted molar refractivity (Wildman–Crippen MR) is 91.6 cm³/mol. The van der Waals surface area contributed by atoms with Crippen LogP contribution in [0.2, 0.25) is 0 Å². The van der Waals surface area contributed by atoms with Crippen molar-refractivity contribution in [3.63, 3.8) is 0 Å². The van der Waals surface area contributed by atoms with Gasteiger partial charge in [-0.2, -0.15) is 5.10 Å². The number of fused-ring (bicyclic) bond motifs is 1. The van der Waals surface area contributed by atoms with E-state index < -0.39 is 0 Å². The number of rotatable bonds is 6. The van der Waals surface area contributed by atoms with E-state index in [9.17, 15) is 9.18 Å². The van der Waals surface area contributed by atoms with Gasteiger partial charge in [-0.1, -0.05) is 12.1 Å². The van der Waals surface area contributed by atoms with Gasteiger partial charge in [0.25, 0.3) is 0 Å². The molecule has 25 heavy (non-hydrogen) atoms. The highest BCUT2D eigenvalue weighted by Gasteiger charge is 2.25. The van der Waals surface area contributed by atoms with E-state index in [4.69, 9.17) is 5.11 Å². The zero-order valence-corrected chi connectivity index (χ0v) is 14.0. The first-order valence-corrected chi connectivity index (χ1v) is 8.61. The van der Waals surface area contributed by atoms with Crippen molar-refractivity contribution in [3.8, 4) is 0 Å². The fraction of sp³-hybridized carbons (Fsp3) is 0.444. The van der Waals surface area contributed by atoms with Crippen LogP contribution in [-0.2, 0) is 19.4 Å². The van der Waals surface area contributed by atoms with E-state index in [1.165, 1.54) is 12.1 Å². The summed E-state index contributed by atoms with van der Waals surface area (Å²) in [6, 6.07) is 6.01. The van der Waals surface area contributed by atoms with E-state index in [2.05, 4.69) is 15.7 Å². The second kappa shape index (κ2) is 8.11. The first-order chi connectivity index (χ1) is 12.2. The maximum Gasteiger partial charge on any atom is 0.315 e. The second-order valence-electron chi connectivity index (χ2n) is 6.21. The van der Waals surface area contributed by atoms with Gasteiger partial charge >= 0.3 is 6.03 Å². The summed E-state index contributed by atoms with van der Waals surface area (Å²) in [4.78, 5) is 12.1. The van der Waals surface area contributed by atoms with Crippen LogP contribution in [0.1, 0.15) is 35.7 Å². The Labute approximate surface area is 146 Å². The minimum absolute atomic E-state index is 0.0517. The molecule has 1 unspecified atom stereocenters. The maximum atomic E-state index is 12.9. The van der Waals surface area contributed by atoms with Gasteiger partial charge < -0.3 is 15.7 Å². The summed E-state index contributed by atoms with van der Waals surface area (Å²) in [6.07, 6.45) is 5.21. The van der Waals surface area contributed by atoms with Crippen LogP contribution in [0.15, 0.2) is 30.5 Å². The van der Waals surface area contributed by atoms with E-state index in [-0.39, 0.29) is 24.5 Å². The molecule has 7 heteroatoms. The first-order valence-electron chi connectivity index (χ1n) is 8.61. The minimum Gasteiger partial charge on any atom is -0.394 e. The molecule has 6 nitrogen and oxygen atoms in total. The van der Waals surface area contributed by atoms with Crippen LogP contribution in [0.4, 0.5) is 9.18 Å². The lowest BCUT2D eigenvalue weighted by molar-refractivity contribution is 0.235. The zero-order chi connectivity index (χ0) is 17.6. The molecule has 3 rings (SSSR count). The van der Waals surface area contributed by atoms with Gasteiger partial charge in [-0.3, -0.25) is 4.68 Å². The third-order valence-electron chi connectivity index (χ3n) is 4.49. The van der Waals surface area contributed by atoms with Crippen LogP contribution >= 0.6 is 0 Å². The molecule has 1 atom stereocenters. The predicted octanol–water partition coefficient (Wildman–Crippen LogP) is 1.93. The average Bonchev–Trinajstić information content (AvgIpc) is 3.01. The number of aromatic nitrogens is 2. The molecule has 1 aromatic carbocycles. The number of hydrogen-bond acceptors (Lipinski definition) is 3. The number of nitrogens with zero attached hydrogens (tertiary/aromatic N) is 2. The van der Waals surface area contributed by atoms with Crippen molar-refractivity contribution in [2.75, 3.05) is 13.2 Å². The number of nitrogens with one attached hydrogen (secondary N) is 2. The van der Waals surface area contributed by atoms with Crippen LogP contribution < -0.4 is 10.6 Å². The van der Waals surface area contributed by atoms with E-state index in [0.717, 1.165) is 36.1 Å². The van der Waals surface area contributed by atoms with Crippen molar-refractivity contribution < 1.29 is 14.3 Å². The highest BCUT2D eigenvalue weighted by atomic mass is 19.1. The summed E-state index contributed by atoms with van der Waals surface area (Å²) in [5, 5.41) is 19.2. The summed E-state index contributed by atoms with van der Waals surface area (Å²) in [5.74, 6) is -0.260. The molecule has 1 heterocycles. The molecule has 134 valence electrons. The van der Waals surface area contributed by atoms with Crippen molar-refractivity contribution in [1.29, 1.82) is 0 Å². The van der Waals surface area contributed by atoms with Gasteiger partial charge in [-0.15, -0.1) is 0 Å². The standard InChI is InChI=1S/C18H23FN4O2/c19-14-6-4-13(5-7-14)8-9-20-18(25)22-16-2-1-3-17-15(16)12-21-23(17)10-11-24/h4-7,12,16,24H,1-3,8-11H2,(H2,20,22,25). The molecule has 0 radical (unpaired) electrons. The lowest BCUT2D eigenvalue weighted by Gasteiger charge is -2.24. The number of carbonyl (C=O) groups is 1. The smallest absolute Gasteiger partial charge is 0.315 e. The SMILES string of the molecule is O=C(NCCc1ccc(F)cc1)NC1CCCc2c1cnn2CCO. The lowest BCUT2D eigenvalue weighted by Crippen LogP contribution is -2.39. The van der Waals surface area contributed by atoms with E-state index in [1.807, 2.05) is 4.68 Å². The van der Waals surface area contributed by atoms with E-state index in [0.29, 0.717) is 19.5 Å². The molecule has 1 aliphatic rings. The zero-order valence-electron chi connectivity index (χ0n) is 14.0. The van der Waals surface area contributed by atoms with Crippen molar-refractivity contribution in [2.45, 2.75) is 38.3 Å². The van der Waals surface area contributed by atoms with Crippen LogP contribution in [0.25, 0.3) is 0 Å². The minimum atomic E-state index is -0.260. The normalized spacial score (nSPS) is 16.3. The Morgan fingerprint density at radius 2 is 2.16 bits per heavy atom. The highest BCUT2D eigenvalue weighted by molar-refractivity contribution is 5.74. The largest absolute Gasteiger partial charge is 0.394 e. The summed E-state index contributed by atoms with van der Waals surface area (Å²) in [7, 11) is 0. The fourth-order valence-electron chi connectivity index (χ4n) is 3.24. The fourth-order valence-corrected chi connectivity index (χ4v) is 3.24. The Morgan fingerprint density at radius 1 is 1.36 bits per heavy atom. The van der Waals surface area contributed by atoms with Gasteiger partial charge in [-0.25, -0.2) is 9.18 Å². The molecule has 0 saturated heterocycles. The van der Waals surface area contributed by atoms with E-state index >= 15 is 0 Å². The third-order valence-corrected chi connectivity index (χ3v) is 4.49. The van der Waals surface area contributed by atoms with Gasteiger partial charge in [0.2, 0.25) is 0 Å². The van der Waals surface area contributed by atoms with Crippen molar-refractivity contribution in [1.82, 2.24) is 20.4 Å². The summed E-state index contributed by atoms with van der Waals surface area (Å²) >= 11 is 0. The van der Waals surface area contributed by atoms with E-state index in [1.54, 1.807) is 18.3 Å². The Hall–Kier alpha value is -2.41. The molecule has 1 aliphatic carbocycles. The number of halogens is 1. The molecule has 1 aromatic heterocycles. The number of benzene rings is 1. The molecule has 0 fully saturated rings. The quantitative estimate of drug-likeness (QED) is 0.748. The summed E-state index contributed by atoms with van der Waals surface area (Å²) in [5.41, 5.74) is 3.11. The first kappa shape index (κ1) is 17.4. The van der Waals surface area contributed by atoms with Gasteiger partial charge in [0.05, 0.1) is 25.4 Å². The Bertz CT molecular complexity index is 714. The Morgan fingerprint density at radius 3 is 2.92 bits per heavy atom. The topological polar surface area (TPSA) is 79.2 Å². The molecule has 0 bridgehead atoms. The molecule has 0 spiro atoms. The lowest BCUT2D eigenvalue weighted by atomic mass is 9.93. The van der Waals surface area contributed by atoms with Crippen LogP contribution in [-0.4, -0.2) is 34.1 Å². The Balaban J connectivity index is 1.51. The molecular formula is C18H23FN4O2. The molecular weight excluding hydrogens is 323 g/mol. The monoisotopic (exact) mass is 346 g/mol. The summed E-state index contributed by atoms with van der Waals surface area (Å²) < 4.78 is 14.7. The molecule has 2 aromatic rings. The van der Waals surface area contributed by atoms with Crippen molar-refractivity contribution in [2.24, 2.45) is 0 Å². The molecule has 0 saturated carbocycles. The molecule has 0 aliphatic heterocycles. The second-order valence-corrected chi connectivity index (χ2v) is 6.21. The highest BCUT2D eigenvalue weighted by Crippen LogP contribution is 2.29. The number of aliphatic hydroxyl groups excluding tert-OH is 1. The summed E-state index contributed by atoms with van der Waals surface area (Å²) in [6.45, 7) is 1.02. The van der Waals surface area contributed by atoms with Crippen LogP contribution in [0, 0.1) is 5.82 Å². The molecule has 3 N–H and O–H groups in total. The van der Waals surface area contributed by atoms with Crippen LogP contribution in [0.5, 0.6) is 0 Å². The van der Waals surface area contributed by atoms with Gasteiger partial charge in [0.1, 0.15) is 5.82 Å². The molecule has 2 amide bonds. The van der Waals surface area contributed by atoms with Crippen molar-refractivity contribution >= 4 is 6.03 Å². The number of amides is 2. The third kappa shape index (κ3) is 4.36. The van der Waals surface area contributed by atoms with Gasteiger partial charge in [0, 0.05) is 17.8 Å². The van der Waals surface area contributed by atoms with Crippen LogP contribution in [0.3, 0.4) is 0 Å². The number of urea groups is 1. The number of carbonyl (C=O) groups excluding carboxylic acids is 1. The average molecular weight is 346 g/mol. The maximum absolute atomic E-state index is 12.9. The Kier molecular flexibility index (Phi) is 5.65. The van der Waals surface area contributed by atoms with Crippen molar-refractivity contribution in [3.05, 3.63) is 53.1 Å².